The molecular formula is C47H34N4S. The lowest BCUT2D eigenvalue weighted by Crippen LogP contribution is -2.34. The van der Waals surface area contributed by atoms with E-state index >= 15 is 0 Å². The molecular weight excluding hydrogens is 653 g/mol. The fraction of sp³-hybridized carbons (Fsp3) is 0.0851. The van der Waals surface area contributed by atoms with Crippen LogP contribution in [0.5, 0.6) is 0 Å². The Bertz CT molecular complexity index is 2730. The monoisotopic (exact) mass is 686 g/mol. The summed E-state index contributed by atoms with van der Waals surface area (Å²) in [5.74, 6) is 1.54. The minimum absolute atomic E-state index is 0.204. The molecule has 1 aliphatic carbocycles. The summed E-state index contributed by atoms with van der Waals surface area (Å²) in [7, 11) is 0. The van der Waals surface area contributed by atoms with E-state index in [0.717, 1.165) is 61.0 Å². The second-order valence-electron chi connectivity index (χ2n) is 14.1. The number of aromatic nitrogens is 1. The van der Waals surface area contributed by atoms with Crippen molar-refractivity contribution in [3.8, 4) is 32.8 Å². The van der Waals surface area contributed by atoms with E-state index in [1.54, 1.807) is 11.3 Å². The lowest BCUT2D eigenvalue weighted by molar-refractivity contribution is 0.660. The zero-order chi connectivity index (χ0) is 34.8. The van der Waals surface area contributed by atoms with Gasteiger partial charge in [0, 0.05) is 27.5 Å². The number of thiazole rings is 1. The number of nitrogens with zero attached hydrogens (tertiary/aromatic N) is 3. The molecule has 2 aliphatic rings. The zero-order valence-corrected chi connectivity index (χ0v) is 29.7. The molecule has 0 fully saturated rings. The van der Waals surface area contributed by atoms with Gasteiger partial charge < -0.3 is 5.32 Å². The summed E-state index contributed by atoms with van der Waals surface area (Å²) in [6.45, 7) is 4.69. The topological polar surface area (TPSA) is 49.6 Å². The van der Waals surface area contributed by atoms with Gasteiger partial charge in [0.2, 0.25) is 0 Å². The van der Waals surface area contributed by atoms with E-state index in [4.69, 9.17) is 15.0 Å². The van der Waals surface area contributed by atoms with Crippen LogP contribution in [0.4, 0.5) is 0 Å². The molecule has 0 radical (unpaired) electrons. The van der Waals surface area contributed by atoms with Crippen molar-refractivity contribution >= 4 is 44.0 Å². The first-order valence-corrected chi connectivity index (χ1v) is 18.5. The van der Waals surface area contributed by atoms with Crippen molar-refractivity contribution in [2.75, 3.05) is 0 Å². The van der Waals surface area contributed by atoms with Crippen LogP contribution in [0.2, 0.25) is 0 Å². The highest BCUT2D eigenvalue weighted by Crippen LogP contribution is 2.51. The fourth-order valence-corrected chi connectivity index (χ4v) is 8.86. The highest BCUT2D eigenvalue weighted by molar-refractivity contribution is 7.21. The van der Waals surface area contributed by atoms with Gasteiger partial charge in [0.1, 0.15) is 17.0 Å². The second kappa shape index (κ2) is 12.0. The molecule has 8 aromatic rings. The van der Waals surface area contributed by atoms with E-state index in [0.29, 0.717) is 0 Å². The largest absolute Gasteiger partial charge is 0.344 e. The fourth-order valence-electron chi connectivity index (χ4n) is 7.87. The zero-order valence-electron chi connectivity index (χ0n) is 28.8. The number of benzene rings is 7. The number of amidine groups is 2. The van der Waals surface area contributed by atoms with Gasteiger partial charge in [-0.05, 0) is 68.6 Å². The van der Waals surface area contributed by atoms with Gasteiger partial charge in [0.05, 0.1) is 10.2 Å². The summed E-state index contributed by atoms with van der Waals surface area (Å²) >= 11 is 1.75. The van der Waals surface area contributed by atoms with Crippen LogP contribution in [0.1, 0.15) is 47.8 Å². The van der Waals surface area contributed by atoms with Crippen LogP contribution in [0, 0.1) is 0 Å². The van der Waals surface area contributed by atoms with E-state index in [1.807, 2.05) is 24.3 Å². The van der Waals surface area contributed by atoms with Gasteiger partial charge in [-0.25, -0.2) is 15.0 Å². The molecule has 1 N–H and O–H groups in total. The molecule has 2 heterocycles. The SMILES string of the molecule is CC1(C)c2ccccc2-c2c(C3=NC(c4ccccc4)=NC(c4ccccc4)N3)cc(-c3ccc4ccc5sc(-c6ccccc6)nc5c4c3)cc21. The molecule has 52 heavy (non-hydrogen) atoms. The average Bonchev–Trinajstić information content (AvgIpc) is 3.75. The Morgan fingerprint density at radius 1 is 0.596 bits per heavy atom. The van der Waals surface area contributed by atoms with Gasteiger partial charge in [-0.3, -0.25) is 0 Å². The van der Waals surface area contributed by atoms with E-state index in [1.165, 1.54) is 32.3 Å². The van der Waals surface area contributed by atoms with Crippen molar-refractivity contribution < 1.29 is 0 Å². The van der Waals surface area contributed by atoms with Crippen LogP contribution in [0.15, 0.2) is 168 Å². The molecule has 5 heteroatoms. The Balaban J connectivity index is 1.19. The second-order valence-corrected chi connectivity index (χ2v) is 15.1. The third kappa shape index (κ3) is 5.00. The standard InChI is InChI=1S/C47H34N4S/c1-47(2)38-21-13-12-20-35(38)41-37(45-50-43(30-14-6-3-7-15-30)49-44(51-45)31-16-8-4-9-17-31)27-34(28-39(41)47)33-23-22-29-24-25-40-42(36(29)26-33)48-46(52-40)32-18-10-5-11-19-32/h3-28,43H,1-2H3,(H,49,50,51). The summed E-state index contributed by atoms with van der Waals surface area (Å²) in [6, 6.07) is 56.0. The highest BCUT2D eigenvalue weighted by atomic mass is 32.1. The van der Waals surface area contributed by atoms with Crippen LogP contribution in [-0.2, 0) is 5.41 Å². The third-order valence-corrected chi connectivity index (χ3v) is 11.6. The van der Waals surface area contributed by atoms with Crippen molar-refractivity contribution in [2.45, 2.75) is 25.4 Å². The van der Waals surface area contributed by atoms with E-state index in [-0.39, 0.29) is 11.6 Å². The molecule has 0 spiro atoms. The van der Waals surface area contributed by atoms with Crippen molar-refractivity contribution in [1.29, 1.82) is 0 Å². The number of nitrogens with one attached hydrogen (secondary N) is 1. The molecule has 248 valence electrons. The van der Waals surface area contributed by atoms with E-state index in [2.05, 4.69) is 153 Å². The number of aliphatic imine (C=N–C) groups is 2. The Labute approximate surface area is 306 Å². The average molecular weight is 687 g/mol. The predicted molar refractivity (Wildman–Crippen MR) is 217 cm³/mol. The number of rotatable bonds is 5. The molecule has 0 amide bonds. The molecule has 1 aromatic heterocycles. The van der Waals surface area contributed by atoms with Crippen molar-refractivity contribution in [3.05, 3.63) is 186 Å². The van der Waals surface area contributed by atoms with Crippen LogP contribution in [0.25, 0.3) is 53.8 Å². The van der Waals surface area contributed by atoms with E-state index < -0.39 is 0 Å². The predicted octanol–water partition coefficient (Wildman–Crippen LogP) is 11.6. The molecule has 4 nitrogen and oxygen atoms in total. The maximum Gasteiger partial charge on any atom is 0.159 e. The summed E-state index contributed by atoms with van der Waals surface area (Å²) in [5, 5.41) is 7.16. The van der Waals surface area contributed by atoms with Gasteiger partial charge in [-0.15, -0.1) is 11.3 Å². The minimum atomic E-state index is -0.287. The summed E-state index contributed by atoms with van der Waals surface area (Å²) < 4.78 is 1.19. The molecule has 0 bridgehead atoms. The maximum absolute atomic E-state index is 5.30. The quantitative estimate of drug-likeness (QED) is 0.196. The molecule has 1 atom stereocenters. The van der Waals surface area contributed by atoms with Gasteiger partial charge >= 0.3 is 0 Å². The highest BCUT2D eigenvalue weighted by Gasteiger charge is 2.38. The van der Waals surface area contributed by atoms with Gasteiger partial charge in [-0.2, -0.15) is 0 Å². The number of fused-ring (bicyclic) bond motifs is 6. The Morgan fingerprint density at radius 3 is 2.08 bits per heavy atom. The number of hydrogen-bond acceptors (Lipinski definition) is 5. The van der Waals surface area contributed by atoms with Gasteiger partial charge in [0.25, 0.3) is 0 Å². The first-order valence-electron chi connectivity index (χ1n) is 17.7. The Hall–Kier alpha value is -6.17. The molecule has 1 aliphatic heterocycles. The smallest absolute Gasteiger partial charge is 0.159 e. The van der Waals surface area contributed by atoms with Crippen LogP contribution in [0.3, 0.4) is 0 Å². The molecule has 0 saturated carbocycles. The summed E-state index contributed by atoms with van der Waals surface area (Å²) in [5.41, 5.74) is 12.6. The lowest BCUT2D eigenvalue weighted by Gasteiger charge is -2.26. The van der Waals surface area contributed by atoms with Crippen LogP contribution in [-0.4, -0.2) is 16.7 Å². The van der Waals surface area contributed by atoms with Crippen LogP contribution >= 0.6 is 11.3 Å². The third-order valence-electron chi connectivity index (χ3n) is 10.6. The first-order chi connectivity index (χ1) is 25.5. The summed E-state index contributed by atoms with van der Waals surface area (Å²) in [4.78, 5) is 15.6. The van der Waals surface area contributed by atoms with Gasteiger partial charge in [-0.1, -0.05) is 147 Å². The first kappa shape index (κ1) is 30.6. The van der Waals surface area contributed by atoms with Crippen molar-refractivity contribution in [2.24, 2.45) is 9.98 Å². The van der Waals surface area contributed by atoms with Gasteiger partial charge in [0.15, 0.2) is 5.84 Å². The molecule has 10 rings (SSSR count). The normalized spacial score (nSPS) is 15.8. The molecule has 1 unspecified atom stereocenters. The molecule has 7 aromatic carbocycles. The Morgan fingerprint density at radius 2 is 1.29 bits per heavy atom. The summed E-state index contributed by atoms with van der Waals surface area (Å²) in [6.07, 6.45) is -0.287. The van der Waals surface area contributed by atoms with Crippen LogP contribution < -0.4 is 5.32 Å². The van der Waals surface area contributed by atoms with E-state index in [9.17, 15) is 0 Å². The minimum Gasteiger partial charge on any atom is -0.344 e. The maximum atomic E-state index is 5.30. The number of hydrogen-bond donors (Lipinski definition) is 1. The van der Waals surface area contributed by atoms with Crippen molar-refractivity contribution in [3.63, 3.8) is 0 Å². The Kier molecular flexibility index (Phi) is 7.05. The molecule has 0 saturated heterocycles. The lowest BCUT2D eigenvalue weighted by atomic mass is 9.81. The van der Waals surface area contributed by atoms with Crippen molar-refractivity contribution in [1.82, 2.24) is 10.3 Å².